The molecule has 0 aromatic heterocycles. The molecule has 0 radical (unpaired) electrons. The van der Waals surface area contributed by atoms with Crippen molar-refractivity contribution >= 4 is 31.1 Å². The van der Waals surface area contributed by atoms with Crippen molar-refractivity contribution in [2.45, 2.75) is 36.2 Å². The van der Waals surface area contributed by atoms with E-state index < -0.39 is 14.5 Å². The SMILES string of the molecule is [CH3][Al]([O][AlH2])[CH]1CCCC1. The Morgan fingerprint density at radius 3 is 2.44 bits per heavy atom. The van der Waals surface area contributed by atoms with E-state index in [-0.39, 0.29) is 0 Å². The molecule has 9 heavy (non-hydrogen) atoms. The second-order valence-electron chi connectivity index (χ2n) is 2.99. The first-order valence-electron chi connectivity index (χ1n) is 3.87. The molecule has 0 amide bonds. The molecule has 1 aliphatic rings. The molecule has 0 heterocycles. The van der Waals surface area contributed by atoms with E-state index in [4.69, 9.17) is 2.84 Å². The van der Waals surface area contributed by atoms with Gasteiger partial charge in [-0.05, 0) is 0 Å². The van der Waals surface area contributed by atoms with Crippen LogP contribution < -0.4 is 0 Å². The van der Waals surface area contributed by atoms with Crippen molar-refractivity contribution in [3.63, 3.8) is 0 Å². The molecule has 0 aromatic carbocycles. The highest BCUT2D eigenvalue weighted by Gasteiger charge is 2.26. The molecule has 0 N–H and O–H groups in total. The summed E-state index contributed by atoms with van der Waals surface area (Å²) in [4.78, 5) is 0. The first kappa shape index (κ1) is 8.12. The van der Waals surface area contributed by atoms with Crippen LogP contribution in [0, 0.1) is 0 Å². The zero-order valence-electron chi connectivity index (χ0n) is 6.39. The van der Waals surface area contributed by atoms with Gasteiger partial charge in [0.1, 0.15) is 0 Å². The highest BCUT2D eigenvalue weighted by Crippen LogP contribution is 2.32. The van der Waals surface area contributed by atoms with Crippen LogP contribution in [-0.4, -0.2) is 31.1 Å². The molecule has 0 unspecified atom stereocenters. The maximum absolute atomic E-state index is 5.51. The quantitative estimate of drug-likeness (QED) is 0.544. The summed E-state index contributed by atoms with van der Waals surface area (Å²) in [6.45, 7) is 0. The third-order valence-corrected chi connectivity index (χ3v) is 7.40. The molecule has 1 saturated carbocycles. The van der Waals surface area contributed by atoms with Crippen molar-refractivity contribution in [3.8, 4) is 0 Å². The summed E-state index contributed by atoms with van der Waals surface area (Å²) in [5.74, 6) is 2.35. The van der Waals surface area contributed by atoms with Gasteiger partial charge in [-0.2, -0.15) is 0 Å². The molecule has 1 nitrogen and oxygen atoms in total. The molecule has 1 aliphatic carbocycles. The molecule has 0 spiro atoms. The minimum Gasteiger partial charge on any atom is -0.642 e. The molecule has 3 heteroatoms. The summed E-state index contributed by atoms with van der Waals surface area (Å²) in [6, 6.07) is 0. The molecule has 50 valence electrons. The Labute approximate surface area is 70.3 Å². The van der Waals surface area contributed by atoms with Gasteiger partial charge in [-0.3, -0.25) is 0 Å². The Morgan fingerprint density at radius 2 is 2.00 bits per heavy atom. The Morgan fingerprint density at radius 1 is 1.44 bits per heavy atom. The van der Waals surface area contributed by atoms with Crippen LogP contribution in [0.2, 0.25) is 10.6 Å². The highest BCUT2D eigenvalue weighted by molar-refractivity contribution is 6.55. The Kier molecular flexibility index (Phi) is 3.63. The molecular formula is C6H14Al2O. The number of hydrogen-bond acceptors (Lipinski definition) is 1. The van der Waals surface area contributed by atoms with Crippen molar-refractivity contribution < 1.29 is 2.84 Å². The fraction of sp³-hybridized carbons (Fsp3) is 1.00. The molecule has 0 atom stereocenters. The number of hydrogen-bond donors (Lipinski definition) is 0. The van der Waals surface area contributed by atoms with Crippen LogP contribution in [0.25, 0.3) is 0 Å². The van der Waals surface area contributed by atoms with Gasteiger partial charge in [-0.1, -0.05) is 36.2 Å². The largest absolute Gasteiger partial charge is 0.642 e. The van der Waals surface area contributed by atoms with Gasteiger partial charge in [0, 0.05) is 0 Å². The lowest BCUT2D eigenvalue weighted by Crippen LogP contribution is -2.17. The van der Waals surface area contributed by atoms with Gasteiger partial charge in [0.15, 0.2) is 0 Å². The van der Waals surface area contributed by atoms with Crippen LogP contribution in [0.3, 0.4) is 0 Å². The lowest BCUT2D eigenvalue weighted by Gasteiger charge is -2.11. The maximum Gasteiger partial charge on any atom is 0.429 e. The summed E-state index contributed by atoms with van der Waals surface area (Å²) >= 11 is 0.297. The van der Waals surface area contributed by atoms with Gasteiger partial charge in [0.2, 0.25) is 0 Å². The van der Waals surface area contributed by atoms with Crippen LogP contribution >= 0.6 is 0 Å². The Balaban J connectivity index is 2.24. The Bertz CT molecular complexity index is 81.1. The van der Waals surface area contributed by atoms with E-state index in [0.29, 0.717) is 0 Å². The monoisotopic (exact) mass is 156 g/mol. The van der Waals surface area contributed by atoms with Gasteiger partial charge in [0.25, 0.3) is 0 Å². The van der Waals surface area contributed by atoms with E-state index in [1.807, 2.05) is 0 Å². The zero-order valence-corrected chi connectivity index (χ0v) is 9.55. The Hall–Kier alpha value is 1.02. The van der Waals surface area contributed by atoms with Crippen LogP contribution in [0.4, 0.5) is 0 Å². The fourth-order valence-corrected chi connectivity index (χ4v) is 4.57. The third-order valence-electron chi connectivity index (χ3n) is 2.44. The van der Waals surface area contributed by atoms with Crippen molar-refractivity contribution in [1.29, 1.82) is 0 Å². The lowest BCUT2D eigenvalue weighted by atomic mass is 10.4. The first-order valence-corrected chi connectivity index (χ1v) is 6.98. The molecule has 0 bridgehead atoms. The first-order chi connectivity index (χ1) is 4.34. The van der Waals surface area contributed by atoms with Crippen molar-refractivity contribution in [2.24, 2.45) is 0 Å². The number of rotatable bonds is 2. The van der Waals surface area contributed by atoms with Gasteiger partial charge in [-0.25, -0.2) is 0 Å². The second-order valence-corrected chi connectivity index (χ2v) is 7.22. The van der Waals surface area contributed by atoms with Crippen molar-refractivity contribution in [3.05, 3.63) is 0 Å². The average molecular weight is 156 g/mol. The van der Waals surface area contributed by atoms with Gasteiger partial charge in [0.05, 0.1) is 0 Å². The summed E-state index contributed by atoms with van der Waals surface area (Å²) < 4.78 is 6.54. The van der Waals surface area contributed by atoms with Crippen molar-refractivity contribution in [1.82, 2.24) is 0 Å². The predicted molar refractivity (Wildman–Crippen MR) is 43.5 cm³/mol. The van der Waals surface area contributed by atoms with E-state index in [9.17, 15) is 0 Å². The fourth-order valence-electron chi connectivity index (χ4n) is 1.62. The summed E-state index contributed by atoms with van der Waals surface area (Å²) in [6.07, 6.45) is 5.87. The molecule has 0 aromatic rings. The van der Waals surface area contributed by atoms with Crippen LogP contribution in [0.5, 0.6) is 0 Å². The molecule has 0 aliphatic heterocycles. The minimum atomic E-state index is -0.672. The van der Waals surface area contributed by atoms with E-state index in [1.165, 1.54) is 25.7 Å². The second kappa shape index (κ2) is 4.02. The third kappa shape index (κ3) is 2.26. The minimum absolute atomic E-state index is 0.672. The van der Waals surface area contributed by atoms with Crippen molar-refractivity contribution in [2.75, 3.05) is 0 Å². The van der Waals surface area contributed by atoms with Crippen LogP contribution in [0.15, 0.2) is 0 Å². The van der Waals surface area contributed by atoms with Gasteiger partial charge < -0.3 is 2.84 Å². The smallest absolute Gasteiger partial charge is 0.429 e. The summed E-state index contributed by atoms with van der Waals surface area (Å²) in [5, 5.41) is 0. The molecule has 1 rings (SSSR count). The normalized spacial score (nSPS) is 20.6. The van der Waals surface area contributed by atoms with Crippen LogP contribution in [0.1, 0.15) is 25.7 Å². The predicted octanol–water partition coefficient (Wildman–Crippen LogP) is 1.12. The van der Waals surface area contributed by atoms with E-state index in [0.717, 1.165) is 21.4 Å². The van der Waals surface area contributed by atoms with Gasteiger partial charge in [-0.15, -0.1) is 0 Å². The summed E-state index contributed by atoms with van der Waals surface area (Å²) in [7, 11) is 0. The topological polar surface area (TPSA) is 9.23 Å². The molecule has 0 saturated heterocycles. The van der Waals surface area contributed by atoms with E-state index >= 15 is 0 Å². The standard InChI is InChI=1S/C5H9.CH3.2Al.O.2H/c1-2-4-5-3-1;;;;;;/h1H,2-5H2;1H3;;;;;. The zero-order chi connectivity index (χ0) is 6.69. The average Bonchev–Trinajstić information content (AvgIpc) is 2.37. The summed E-state index contributed by atoms with van der Waals surface area (Å²) in [5.41, 5.74) is 0. The lowest BCUT2D eigenvalue weighted by molar-refractivity contribution is 0.601. The van der Waals surface area contributed by atoms with Gasteiger partial charge >= 0.3 is 31.1 Å². The van der Waals surface area contributed by atoms with E-state index in [1.54, 1.807) is 0 Å². The van der Waals surface area contributed by atoms with Crippen LogP contribution in [-0.2, 0) is 2.84 Å². The highest BCUT2D eigenvalue weighted by atomic mass is 27.2. The molecular weight excluding hydrogens is 142 g/mol. The molecule has 1 fully saturated rings. The van der Waals surface area contributed by atoms with E-state index in [2.05, 4.69) is 5.79 Å². The maximum atomic E-state index is 5.51.